The number of sulfonamides is 1. The molecule has 4 rings (SSSR count). The first-order chi connectivity index (χ1) is 12.4. The van der Waals surface area contributed by atoms with Crippen molar-refractivity contribution in [3.8, 4) is 0 Å². The predicted octanol–water partition coefficient (Wildman–Crippen LogP) is 1.73. The standard InChI is InChI=1S/C18H27N3O4S/c1-13-17(26(23,24)21-8-2-3-9-21)12-16(25-13)18(22)19-14-6-10-20(11-7-14)15-4-5-15/h12,14-15H,2-11H2,1H3,(H,19,22). The van der Waals surface area contributed by atoms with E-state index in [2.05, 4.69) is 10.2 Å². The van der Waals surface area contributed by atoms with Crippen LogP contribution < -0.4 is 5.32 Å². The molecule has 0 spiro atoms. The van der Waals surface area contributed by atoms with Crippen molar-refractivity contribution in [1.82, 2.24) is 14.5 Å². The summed E-state index contributed by atoms with van der Waals surface area (Å²) in [5, 5.41) is 3.01. The minimum Gasteiger partial charge on any atom is -0.455 e. The van der Waals surface area contributed by atoms with Crippen molar-refractivity contribution < 1.29 is 17.6 Å². The van der Waals surface area contributed by atoms with Crippen molar-refractivity contribution in [2.24, 2.45) is 0 Å². The molecule has 8 heteroatoms. The maximum absolute atomic E-state index is 12.7. The van der Waals surface area contributed by atoms with Crippen LogP contribution in [0.5, 0.6) is 0 Å². The van der Waals surface area contributed by atoms with Gasteiger partial charge in [-0.1, -0.05) is 0 Å². The number of rotatable bonds is 5. The molecule has 1 aliphatic carbocycles. The van der Waals surface area contributed by atoms with Gasteiger partial charge in [-0.3, -0.25) is 4.79 Å². The molecule has 144 valence electrons. The van der Waals surface area contributed by atoms with Crippen LogP contribution in [-0.2, 0) is 10.0 Å². The minimum absolute atomic E-state index is 0.0879. The van der Waals surface area contributed by atoms with Crippen LogP contribution in [0.25, 0.3) is 0 Å². The molecule has 1 N–H and O–H groups in total. The Morgan fingerprint density at radius 3 is 2.38 bits per heavy atom. The fraction of sp³-hybridized carbons (Fsp3) is 0.722. The van der Waals surface area contributed by atoms with E-state index in [9.17, 15) is 13.2 Å². The van der Waals surface area contributed by atoms with Gasteiger partial charge in [0.2, 0.25) is 10.0 Å². The highest BCUT2D eigenvalue weighted by Gasteiger charge is 2.34. The number of hydrogen-bond acceptors (Lipinski definition) is 5. The number of furan rings is 1. The van der Waals surface area contributed by atoms with E-state index < -0.39 is 10.0 Å². The molecular formula is C18H27N3O4S. The number of likely N-dealkylation sites (tertiary alicyclic amines) is 1. The van der Waals surface area contributed by atoms with Crippen molar-refractivity contribution in [3.05, 3.63) is 17.6 Å². The van der Waals surface area contributed by atoms with Crippen LogP contribution in [-0.4, -0.2) is 61.8 Å². The van der Waals surface area contributed by atoms with Crippen molar-refractivity contribution in [2.75, 3.05) is 26.2 Å². The van der Waals surface area contributed by atoms with Gasteiger partial charge >= 0.3 is 0 Å². The summed E-state index contributed by atoms with van der Waals surface area (Å²) >= 11 is 0. The van der Waals surface area contributed by atoms with E-state index in [-0.39, 0.29) is 28.4 Å². The summed E-state index contributed by atoms with van der Waals surface area (Å²) in [4.78, 5) is 15.1. The molecule has 7 nitrogen and oxygen atoms in total. The highest BCUT2D eigenvalue weighted by Crippen LogP contribution is 2.30. The number of aryl methyl sites for hydroxylation is 1. The molecule has 3 aliphatic rings. The predicted molar refractivity (Wildman–Crippen MR) is 96.5 cm³/mol. The SMILES string of the molecule is Cc1oc(C(=O)NC2CCN(C3CC3)CC2)cc1S(=O)(=O)N1CCCC1. The summed E-state index contributed by atoms with van der Waals surface area (Å²) in [6, 6.07) is 2.27. The summed E-state index contributed by atoms with van der Waals surface area (Å²) in [5.41, 5.74) is 0. The number of nitrogens with zero attached hydrogens (tertiary/aromatic N) is 2. The van der Waals surface area contributed by atoms with Gasteiger partial charge in [0.05, 0.1) is 0 Å². The lowest BCUT2D eigenvalue weighted by molar-refractivity contribution is 0.0880. The molecule has 2 saturated heterocycles. The van der Waals surface area contributed by atoms with Gasteiger partial charge in [-0.2, -0.15) is 4.31 Å². The van der Waals surface area contributed by atoms with Crippen LogP contribution >= 0.6 is 0 Å². The largest absolute Gasteiger partial charge is 0.455 e. The van der Waals surface area contributed by atoms with Gasteiger partial charge in [0.15, 0.2) is 5.76 Å². The average Bonchev–Trinajstić information content (AvgIpc) is 3.15. The zero-order valence-electron chi connectivity index (χ0n) is 15.2. The number of nitrogens with one attached hydrogen (secondary N) is 1. The van der Waals surface area contributed by atoms with E-state index in [4.69, 9.17) is 4.42 Å². The first kappa shape index (κ1) is 18.0. The Balaban J connectivity index is 1.41. The average molecular weight is 381 g/mol. The van der Waals surface area contributed by atoms with Crippen molar-refractivity contribution >= 4 is 15.9 Å². The number of carbonyl (C=O) groups excluding carboxylic acids is 1. The molecule has 0 unspecified atom stereocenters. The summed E-state index contributed by atoms with van der Waals surface area (Å²) in [6.07, 6.45) is 6.22. The fourth-order valence-electron chi connectivity index (χ4n) is 4.01. The van der Waals surface area contributed by atoms with E-state index in [1.54, 1.807) is 6.92 Å². The Labute approximate surface area is 154 Å². The summed E-state index contributed by atoms with van der Waals surface area (Å²) < 4.78 is 32.4. The second kappa shape index (κ2) is 6.98. The van der Waals surface area contributed by atoms with Gasteiger partial charge in [0.25, 0.3) is 5.91 Å². The molecule has 0 aromatic carbocycles. The van der Waals surface area contributed by atoms with Crippen LogP contribution in [0.1, 0.15) is 54.8 Å². The zero-order valence-corrected chi connectivity index (χ0v) is 16.1. The van der Waals surface area contributed by atoms with Gasteiger partial charge in [-0.25, -0.2) is 8.42 Å². The van der Waals surface area contributed by atoms with Crippen LogP contribution in [0.2, 0.25) is 0 Å². The molecule has 1 amide bonds. The summed E-state index contributed by atoms with van der Waals surface area (Å²) in [7, 11) is -3.57. The molecule has 0 radical (unpaired) electrons. The minimum atomic E-state index is -3.57. The third kappa shape index (κ3) is 3.54. The first-order valence-corrected chi connectivity index (χ1v) is 11.0. The lowest BCUT2D eigenvalue weighted by Gasteiger charge is -2.32. The Morgan fingerprint density at radius 1 is 1.12 bits per heavy atom. The summed E-state index contributed by atoms with van der Waals surface area (Å²) in [6.45, 7) is 4.71. The van der Waals surface area contributed by atoms with Gasteiger partial charge < -0.3 is 14.6 Å². The Hall–Kier alpha value is -1.38. The monoisotopic (exact) mass is 381 g/mol. The Morgan fingerprint density at radius 2 is 1.77 bits per heavy atom. The van der Waals surface area contributed by atoms with Gasteiger partial charge in [-0.05, 0) is 45.4 Å². The number of carbonyl (C=O) groups is 1. The number of hydrogen-bond donors (Lipinski definition) is 1. The van der Waals surface area contributed by atoms with E-state index >= 15 is 0 Å². The molecule has 3 fully saturated rings. The van der Waals surface area contributed by atoms with Crippen LogP contribution in [0.4, 0.5) is 0 Å². The molecule has 1 saturated carbocycles. The normalized spacial score (nSPS) is 23.4. The lowest BCUT2D eigenvalue weighted by Crippen LogP contribution is -2.45. The maximum Gasteiger partial charge on any atom is 0.287 e. The fourth-order valence-corrected chi connectivity index (χ4v) is 5.68. The molecule has 3 heterocycles. The van der Waals surface area contributed by atoms with Crippen molar-refractivity contribution in [1.29, 1.82) is 0 Å². The van der Waals surface area contributed by atoms with Crippen molar-refractivity contribution in [2.45, 2.75) is 62.4 Å². The van der Waals surface area contributed by atoms with Gasteiger partial charge in [0.1, 0.15) is 10.7 Å². The quantitative estimate of drug-likeness (QED) is 0.840. The molecular weight excluding hydrogens is 354 g/mol. The van der Waals surface area contributed by atoms with Gasteiger partial charge in [0, 0.05) is 44.3 Å². The zero-order chi connectivity index (χ0) is 18.3. The third-order valence-electron chi connectivity index (χ3n) is 5.71. The topological polar surface area (TPSA) is 82.9 Å². The van der Waals surface area contributed by atoms with E-state index in [1.165, 1.54) is 23.2 Å². The maximum atomic E-state index is 12.7. The summed E-state index contributed by atoms with van der Waals surface area (Å²) in [5.74, 6) is 0.0522. The molecule has 26 heavy (non-hydrogen) atoms. The lowest BCUT2D eigenvalue weighted by atomic mass is 10.0. The third-order valence-corrected chi connectivity index (χ3v) is 7.71. The van der Waals surface area contributed by atoms with E-state index in [0.717, 1.165) is 44.8 Å². The van der Waals surface area contributed by atoms with E-state index in [1.807, 2.05) is 0 Å². The van der Waals surface area contributed by atoms with Crippen LogP contribution in [0.15, 0.2) is 15.4 Å². The molecule has 1 aromatic heterocycles. The highest BCUT2D eigenvalue weighted by atomic mass is 32.2. The number of piperidine rings is 1. The first-order valence-electron chi connectivity index (χ1n) is 9.60. The number of amides is 1. The Bertz CT molecular complexity index is 770. The second-order valence-electron chi connectivity index (χ2n) is 7.66. The van der Waals surface area contributed by atoms with Crippen LogP contribution in [0, 0.1) is 6.92 Å². The molecule has 2 aliphatic heterocycles. The smallest absolute Gasteiger partial charge is 0.287 e. The molecule has 0 bridgehead atoms. The Kier molecular flexibility index (Phi) is 4.83. The van der Waals surface area contributed by atoms with Crippen molar-refractivity contribution in [3.63, 3.8) is 0 Å². The molecule has 1 aromatic rings. The van der Waals surface area contributed by atoms with E-state index in [0.29, 0.717) is 13.1 Å². The second-order valence-corrected chi connectivity index (χ2v) is 9.56. The van der Waals surface area contributed by atoms with Gasteiger partial charge in [-0.15, -0.1) is 0 Å². The highest BCUT2D eigenvalue weighted by molar-refractivity contribution is 7.89. The van der Waals surface area contributed by atoms with Crippen LogP contribution in [0.3, 0.4) is 0 Å². The molecule has 0 atom stereocenters.